The van der Waals surface area contributed by atoms with Crippen molar-refractivity contribution < 1.29 is 41.7 Å². The minimum absolute atomic E-state index is 0.00946. The zero-order valence-corrected chi connectivity index (χ0v) is 29.5. The molecule has 1 aromatic carbocycles. The number of nitrogens with one attached hydrogen (secondary N) is 3. The SMILES string of the molecule is CCCCS(=O)(=O)NC(Cc1ccc(OCC2CN(C(CCC(C(=N)N)N3CCNCC3)C(=O)OC(C)(C)C)C(=O)O2)cc1)C(=O)OC. The van der Waals surface area contributed by atoms with Crippen LogP contribution >= 0.6 is 0 Å². The number of piperazine rings is 1. The predicted octanol–water partition coefficient (Wildman–Crippen LogP) is 1.39. The molecule has 5 N–H and O–H groups in total. The van der Waals surface area contributed by atoms with Gasteiger partial charge in [0.05, 0.1) is 25.4 Å². The van der Waals surface area contributed by atoms with Crippen LogP contribution in [0.2, 0.25) is 0 Å². The summed E-state index contributed by atoms with van der Waals surface area (Å²) < 4.78 is 49.2. The van der Waals surface area contributed by atoms with Crippen molar-refractivity contribution in [2.45, 2.75) is 89.6 Å². The number of benzene rings is 1. The lowest BCUT2D eigenvalue weighted by atomic mass is 10.0. The fraction of sp³-hybridized carbons (Fsp3) is 0.688. The molecule has 2 aliphatic heterocycles. The number of hydrogen-bond acceptors (Lipinski definition) is 12. The normalized spacial score (nSPS) is 19.2. The molecule has 270 valence electrons. The van der Waals surface area contributed by atoms with Gasteiger partial charge in [-0.3, -0.25) is 20.0 Å². The Balaban J connectivity index is 1.63. The summed E-state index contributed by atoms with van der Waals surface area (Å²) in [7, 11) is -2.46. The predicted molar refractivity (Wildman–Crippen MR) is 179 cm³/mol. The number of hydrogen-bond donors (Lipinski definition) is 4. The highest BCUT2D eigenvalue weighted by atomic mass is 32.2. The Bertz CT molecular complexity index is 1350. The van der Waals surface area contributed by atoms with Crippen molar-refractivity contribution >= 4 is 33.9 Å². The van der Waals surface area contributed by atoms with E-state index in [0.29, 0.717) is 30.6 Å². The second-order valence-electron chi connectivity index (χ2n) is 13.1. The van der Waals surface area contributed by atoms with Crippen molar-refractivity contribution in [3.8, 4) is 5.75 Å². The Kier molecular flexibility index (Phi) is 14.4. The molecule has 2 heterocycles. The van der Waals surface area contributed by atoms with Crippen molar-refractivity contribution in [1.82, 2.24) is 19.8 Å². The first-order valence-electron chi connectivity index (χ1n) is 16.4. The smallest absolute Gasteiger partial charge is 0.411 e. The van der Waals surface area contributed by atoms with Crippen LogP contribution in [0.1, 0.15) is 58.9 Å². The molecule has 4 atom stereocenters. The van der Waals surface area contributed by atoms with Crippen LogP contribution in [0.15, 0.2) is 24.3 Å². The first-order valence-corrected chi connectivity index (χ1v) is 18.1. The first-order chi connectivity index (χ1) is 22.6. The van der Waals surface area contributed by atoms with Crippen LogP contribution < -0.4 is 20.5 Å². The van der Waals surface area contributed by atoms with Crippen molar-refractivity contribution in [1.29, 1.82) is 5.41 Å². The van der Waals surface area contributed by atoms with E-state index in [1.165, 1.54) is 12.0 Å². The summed E-state index contributed by atoms with van der Waals surface area (Å²) >= 11 is 0. The van der Waals surface area contributed by atoms with Gasteiger partial charge >= 0.3 is 18.0 Å². The molecule has 48 heavy (non-hydrogen) atoms. The van der Waals surface area contributed by atoms with E-state index in [4.69, 9.17) is 30.1 Å². The summed E-state index contributed by atoms with van der Waals surface area (Å²) in [6, 6.07) is 4.38. The minimum Gasteiger partial charge on any atom is -0.490 e. The number of unbranched alkanes of at least 4 members (excludes halogenated alkanes) is 1. The Morgan fingerprint density at radius 1 is 1.12 bits per heavy atom. The molecule has 2 aliphatic rings. The number of ether oxygens (including phenoxy) is 4. The molecule has 0 radical (unpaired) electrons. The fourth-order valence-corrected chi connectivity index (χ4v) is 6.97. The third-order valence-electron chi connectivity index (χ3n) is 8.00. The number of esters is 2. The number of rotatable bonds is 18. The minimum atomic E-state index is -3.66. The number of amidine groups is 1. The highest BCUT2D eigenvalue weighted by Gasteiger charge is 2.42. The first kappa shape index (κ1) is 39.0. The number of sulfonamides is 1. The van der Waals surface area contributed by atoms with Gasteiger partial charge in [-0.2, -0.15) is 0 Å². The number of nitrogens with two attached hydrogens (primary N) is 1. The number of cyclic esters (lactones) is 1. The van der Waals surface area contributed by atoms with E-state index in [1.54, 1.807) is 45.0 Å². The van der Waals surface area contributed by atoms with E-state index in [-0.39, 0.29) is 43.6 Å². The standard InChI is InChI=1S/C32H52N6O9S/c1-6-7-18-48(42,43)36-25(29(39)44-5)19-22-8-10-23(11-9-22)45-21-24-20-38(31(41)46-24)27(30(40)47-32(2,3)4)13-12-26(28(33)34)37-16-14-35-15-17-37/h8-11,24-27,35-36H,6-7,12-21H2,1-5H3,(H3,33,34). The molecule has 16 heteroatoms. The Morgan fingerprint density at radius 2 is 1.77 bits per heavy atom. The summed E-state index contributed by atoms with van der Waals surface area (Å²) in [4.78, 5) is 42.2. The van der Waals surface area contributed by atoms with Gasteiger partial charge < -0.3 is 30.0 Å². The molecule has 0 aliphatic carbocycles. The summed E-state index contributed by atoms with van der Waals surface area (Å²) in [6.07, 6.45) is 0.543. The molecular formula is C32H52N6O9S. The third kappa shape index (κ3) is 12.2. The van der Waals surface area contributed by atoms with Crippen molar-refractivity contribution in [2.75, 3.05) is 52.2 Å². The average molecular weight is 697 g/mol. The molecule has 3 rings (SSSR count). The van der Waals surface area contributed by atoms with Crippen molar-refractivity contribution in [3.63, 3.8) is 0 Å². The molecule has 0 aromatic heterocycles. The lowest BCUT2D eigenvalue weighted by molar-refractivity contribution is -0.160. The van der Waals surface area contributed by atoms with Gasteiger partial charge in [0.25, 0.3) is 0 Å². The van der Waals surface area contributed by atoms with Crippen molar-refractivity contribution in [2.24, 2.45) is 5.73 Å². The monoisotopic (exact) mass is 696 g/mol. The van der Waals surface area contributed by atoms with Gasteiger partial charge in [-0.15, -0.1) is 0 Å². The van der Waals surface area contributed by atoms with Gasteiger partial charge in [0.15, 0.2) is 6.10 Å². The van der Waals surface area contributed by atoms with Crippen LogP contribution in [0.4, 0.5) is 4.79 Å². The van der Waals surface area contributed by atoms with Gasteiger partial charge in [0, 0.05) is 26.2 Å². The second-order valence-corrected chi connectivity index (χ2v) is 14.9. The topological polar surface area (TPSA) is 203 Å². The lowest BCUT2D eigenvalue weighted by Gasteiger charge is -2.35. The fourth-order valence-electron chi connectivity index (χ4n) is 5.57. The Hall–Kier alpha value is -3.47. The summed E-state index contributed by atoms with van der Waals surface area (Å²) in [5.41, 5.74) is 5.86. The van der Waals surface area contributed by atoms with Gasteiger partial charge in [0.1, 0.15) is 35.9 Å². The number of amides is 1. The van der Waals surface area contributed by atoms with Gasteiger partial charge in [-0.1, -0.05) is 25.5 Å². The summed E-state index contributed by atoms with van der Waals surface area (Å²) in [5, 5.41) is 11.4. The Morgan fingerprint density at radius 3 is 2.35 bits per heavy atom. The summed E-state index contributed by atoms with van der Waals surface area (Å²) in [6.45, 7) is 10.3. The van der Waals surface area contributed by atoms with Gasteiger partial charge in [0.2, 0.25) is 10.0 Å². The highest BCUT2D eigenvalue weighted by molar-refractivity contribution is 7.89. The number of carbonyl (C=O) groups is 3. The molecule has 2 saturated heterocycles. The van der Waals surface area contributed by atoms with Gasteiger partial charge in [-0.25, -0.2) is 22.7 Å². The van der Waals surface area contributed by atoms with Crippen LogP contribution in [-0.2, 0) is 40.2 Å². The maximum absolute atomic E-state index is 13.4. The zero-order valence-electron chi connectivity index (χ0n) is 28.7. The van der Waals surface area contributed by atoms with Crippen molar-refractivity contribution in [3.05, 3.63) is 29.8 Å². The molecule has 4 unspecified atom stereocenters. The number of nitrogens with zero attached hydrogens (tertiary/aromatic N) is 2. The van der Waals surface area contributed by atoms with Crippen LogP contribution in [-0.4, -0.2) is 124 Å². The van der Waals surface area contributed by atoms with Crippen LogP contribution in [0.3, 0.4) is 0 Å². The molecule has 1 amide bonds. The van der Waals surface area contributed by atoms with E-state index in [0.717, 1.165) is 26.2 Å². The second kappa shape index (κ2) is 17.8. The number of methoxy groups -OCH3 is 1. The van der Waals surface area contributed by atoms with E-state index in [1.807, 2.05) is 6.92 Å². The highest BCUT2D eigenvalue weighted by Crippen LogP contribution is 2.24. The van der Waals surface area contributed by atoms with Crippen LogP contribution in [0.5, 0.6) is 5.75 Å². The molecule has 0 bridgehead atoms. The Labute approximate surface area is 283 Å². The molecule has 2 fully saturated rings. The van der Waals surface area contributed by atoms with Gasteiger partial charge in [-0.05, 0) is 64.2 Å². The molecule has 0 saturated carbocycles. The zero-order chi connectivity index (χ0) is 35.5. The maximum atomic E-state index is 13.4. The van der Waals surface area contributed by atoms with E-state index in [2.05, 4.69) is 14.9 Å². The summed E-state index contributed by atoms with van der Waals surface area (Å²) in [5.74, 6) is -0.850. The van der Waals surface area contributed by atoms with Crippen LogP contribution in [0, 0.1) is 5.41 Å². The van der Waals surface area contributed by atoms with E-state index in [9.17, 15) is 22.8 Å². The quantitative estimate of drug-likeness (QED) is 0.0745. The van der Waals surface area contributed by atoms with E-state index < -0.39 is 51.8 Å². The molecular weight excluding hydrogens is 644 g/mol. The molecule has 15 nitrogen and oxygen atoms in total. The largest absolute Gasteiger partial charge is 0.490 e. The molecule has 0 spiro atoms. The lowest BCUT2D eigenvalue weighted by Crippen LogP contribution is -2.53. The molecule has 1 aromatic rings. The average Bonchev–Trinajstić information content (AvgIpc) is 3.39. The van der Waals surface area contributed by atoms with Crippen LogP contribution in [0.25, 0.3) is 0 Å². The maximum Gasteiger partial charge on any atom is 0.411 e. The van der Waals surface area contributed by atoms with E-state index >= 15 is 0 Å². The number of carbonyl (C=O) groups excluding carboxylic acids is 3. The third-order valence-corrected chi connectivity index (χ3v) is 9.47.